The molecule has 1 unspecified atom stereocenters. The highest BCUT2D eigenvalue weighted by Crippen LogP contribution is 2.41. The molecule has 2 rings (SSSR count). The number of benzene rings is 1. The Labute approximate surface area is 135 Å². The van der Waals surface area contributed by atoms with Crippen molar-refractivity contribution in [3.05, 3.63) is 29.8 Å². The van der Waals surface area contributed by atoms with Gasteiger partial charge in [-0.1, -0.05) is 18.6 Å². The van der Waals surface area contributed by atoms with E-state index in [-0.39, 0.29) is 4.90 Å². The number of hydrogen-bond acceptors (Lipinski definition) is 4. The van der Waals surface area contributed by atoms with E-state index in [9.17, 15) is 23.1 Å². The Morgan fingerprint density at radius 3 is 2.43 bits per heavy atom. The summed E-state index contributed by atoms with van der Waals surface area (Å²) < 4.78 is 25.9. The monoisotopic (exact) mass is 340 g/mol. The van der Waals surface area contributed by atoms with Gasteiger partial charge >= 0.3 is 5.97 Å². The van der Waals surface area contributed by atoms with Gasteiger partial charge in [-0.25, -0.2) is 13.1 Å². The van der Waals surface area contributed by atoms with Crippen LogP contribution in [0.5, 0.6) is 0 Å². The Morgan fingerprint density at radius 1 is 1.30 bits per heavy atom. The fourth-order valence-corrected chi connectivity index (χ4v) is 3.34. The van der Waals surface area contributed by atoms with Crippen LogP contribution in [0.25, 0.3) is 0 Å². The van der Waals surface area contributed by atoms with Crippen molar-refractivity contribution in [2.24, 2.45) is 5.41 Å². The molecule has 1 saturated carbocycles. The van der Waals surface area contributed by atoms with Crippen LogP contribution < -0.4 is 10.0 Å². The van der Waals surface area contributed by atoms with Gasteiger partial charge in [0.2, 0.25) is 15.9 Å². The molecular formula is C15H20N2O5S. The number of carboxylic acids is 1. The third-order valence-electron chi connectivity index (χ3n) is 4.34. The summed E-state index contributed by atoms with van der Waals surface area (Å²) in [5.41, 5.74) is -0.752. The molecule has 0 aromatic heterocycles. The lowest BCUT2D eigenvalue weighted by Crippen LogP contribution is -2.51. The maximum Gasteiger partial charge on any atom is 0.319 e. The standard InChI is InChI=1S/C15H20N2O5S/c1-10(17-13(18)15(14(19)20)7-4-8-15)11-5-3-6-12(9-11)23(21,22)16-2/h3,5-6,9-10,16H,4,7-8H2,1-2H3,(H,17,18)(H,19,20). The summed E-state index contributed by atoms with van der Waals surface area (Å²) in [6, 6.07) is 5.69. The molecule has 1 atom stereocenters. The molecule has 1 aromatic rings. The van der Waals surface area contributed by atoms with E-state index >= 15 is 0 Å². The number of nitrogens with one attached hydrogen (secondary N) is 2. The van der Waals surface area contributed by atoms with Crippen LogP contribution in [0.4, 0.5) is 0 Å². The molecular weight excluding hydrogens is 320 g/mol. The molecule has 1 aromatic carbocycles. The quantitative estimate of drug-likeness (QED) is 0.670. The summed E-state index contributed by atoms with van der Waals surface area (Å²) in [7, 11) is -2.25. The van der Waals surface area contributed by atoms with Gasteiger partial charge < -0.3 is 10.4 Å². The zero-order chi connectivity index (χ0) is 17.3. The van der Waals surface area contributed by atoms with E-state index in [0.29, 0.717) is 24.8 Å². The van der Waals surface area contributed by atoms with Crippen LogP contribution in [0.3, 0.4) is 0 Å². The summed E-state index contributed by atoms with van der Waals surface area (Å²) in [4.78, 5) is 23.7. The highest BCUT2D eigenvalue weighted by molar-refractivity contribution is 7.89. The van der Waals surface area contributed by atoms with Gasteiger partial charge in [-0.15, -0.1) is 0 Å². The minimum Gasteiger partial charge on any atom is -0.480 e. The maximum absolute atomic E-state index is 12.3. The molecule has 0 spiro atoms. The summed E-state index contributed by atoms with van der Waals surface area (Å²) in [5, 5.41) is 12.0. The van der Waals surface area contributed by atoms with Gasteiger partial charge in [-0.05, 0) is 44.5 Å². The number of aliphatic carboxylic acids is 1. The summed E-state index contributed by atoms with van der Waals surface area (Å²) in [6.07, 6.45) is 1.37. The molecule has 0 heterocycles. The molecule has 8 heteroatoms. The molecule has 1 fully saturated rings. The van der Waals surface area contributed by atoms with E-state index in [4.69, 9.17) is 0 Å². The average Bonchev–Trinajstić information content (AvgIpc) is 2.45. The number of carboxylic acid groups (broad SMARTS) is 1. The van der Waals surface area contributed by atoms with Gasteiger partial charge in [0.05, 0.1) is 10.9 Å². The zero-order valence-electron chi connectivity index (χ0n) is 13.0. The third-order valence-corrected chi connectivity index (χ3v) is 5.75. The van der Waals surface area contributed by atoms with Crippen LogP contribution in [0.15, 0.2) is 29.2 Å². The highest BCUT2D eigenvalue weighted by Gasteiger charge is 2.51. The van der Waals surface area contributed by atoms with E-state index in [1.165, 1.54) is 19.2 Å². The predicted molar refractivity (Wildman–Crippen MR) is 83.2 cm³/mol. The second-order valence-corrected chi connectivity index (χ2v) is 7.60. The number of hydrogen-bond donors (Lipinski definition) is 3. The number of rotatable bonds is 6. The minimum absolute atomic E-state index is 0.0928. The van der Waals surface area contributed by atoms with Crippen molar-refractivity contribution in [3.8, 4) is 0 Å². The van der Waals surface area contributed by atoms with Gasteiger partial charge in [0, 0.05) is 0 Å². The summed E-state index contributed by atoms with van der Waals surface area (Å²) >= 11 is 0. The number of carbonyl (C=O) groups excluding carboxylic acids is 1. The average molecular weight is 340 g/mol. The summed E-state index contributed by atoms with van der Waals surface area (Å²) in [6.45, 7) is 1.69. The van der Waals surface area contributed by atoms with Crippen LogP contribution in [0, 0.1) is 5.41 Å². The van der Waals surface area contributed by atoms with E-state index in [0.717, 1.165) is 0 Å². The van der Waals surface area contributed by atoms with Gasteiger partial charge in [-0.3, -0.25) is 9.59 Å². The highest BCUT2D eigenvalue weighted by atomic mass is 32.2. The second-order valence-electron chi connectivity index (χ2n) is 5.72. The maximum atomic E-state index is 12.3. The molecule has 1 aliphatic rings. The van der Waals surface area contributed by atoms with Gasteiger partial charge in [0.1, 0.15) is 5.41 Å². The second kappa shape index (κ2) is 6.29. The summed E-state index contributed by atoms with van der Waals surface area (Å²) in [5.74, 6) is -1.63. The van der Waals surface area contributed by atoms with Crippen molar-refractivity contribution in [2.75, 3.05) is 7.05 Å². The SMILES string of the molecule is CNS(=O)(=O)c1cccc(C(C)NC(=O)C2(C(=O)O)CCC2)c1. The lowest BCUT2D eigenvalue weighted by molar-refractivity contribution is -0.162. The van der Waals surface area contributed by atoms with Crippen molar-refractivity contribution in [1.82, 2.24) is 10.0 Å². The van der Waals surface area contributed by atoms with E-state index in [2.05, 4.69) is 10.0 Å². The van der Waals surface area contributed by atoms with Crippen LogP contribution in [0.1, 0.15) is 37.8 Å². The minimum atomic E-state index is -3.57. The molecule has 126 valence electrons. The van der Waals surface area contributed by atoms with Crippen LogP contribution in [-0.4, -0.2) is 32.4 Å². The third kappa shape index (κ3) is 3.23. The number of carbonyl (C=O) groups is 2. The molecule has 0 aliphatic heterocycles. The largest absolute Gasteiger partial charge is 0.480 e. The molecule has 0 radical (unpaired) electrons. The topological polar surface area (TPSA) is 113 Å². The zero-order valence-corrected chi connectivity index (χ0v) is 13.8. The van der Waals surface area contributed by atoms with Crippen molar-refractivity contribution >= 4 is 21.9 Å². The van der Waals surface area contributed by atoms with Gasteiger partial charge in [0.25, 0.3) is 0 Å². The Balaban J connectivity index is 2.18. The van der Waals surface area contributed by atoms with Crippen molar-refractivity contribution < 1.29 is 23.1 Å². The fraction of sp³-hybridized carbons (Fsp3) is 0.467. The predicted octanol–water partition coefficient (Wildman–Crippen LogP) is 1.03. The van der Waals surface area contributed by atoms with Gasteiger partial charge in [0.15, 0.2) is 0 Å². The molecule has 0 bridgehead atoms. The smallest absolute Gasteiger partial charge is 0.319 e. The lowest BCUT2D eigenvalue weighted by Gasteiger charge is -2.36. The van der Waals surface area contributed by atoms with E-state index in [1.54, 1.807) is 19.1 Å². The van der Waals surface area contributed by atoms with Crippen molar-refractivity contribution in [3.63, 3.8) is 0 Å². The fourth-order valence-electron chi connectivity index (χ4n) is 2.56. The van der Waals surface area contributed by atoms with Crippen LogP contribution >= 0.6 is 0 Å². The van der Waals surface area contributed by atoms with Crippen LogP contribution in [-0.2, 0) is 19.6 Å². The van der Waals surface area contributed by atoms with E-state index < -0.39 is 33.4 Å². The Hall–Kier alpha value is -1.93. The number of sulfonamides is 1. The molecule has 3 N–H and O–H groups in total. The Bertz CT molecular complexity index is 725. The van der Waals surface area contributed by atoms with Crippen molar-refractivity contribution in [2.45, 2.75) is 37.1 Å². The molecule has 0 saturated heterocycles. The lowest BCUT2D eigenvalue weighted by atomic mass is 9.68. The number of amides is 1. The molecule has 1 aliphatic carbocycles. The Kier molecular flexibility index (Phi) is 4.76. The van der Waals surface area contributed by atoms with E-state index in [1.807, 2.05) is 0 Å². The van der Waals surface area contributed by atoms with Crippen LogP contribution in [0.2, 0.25) is 0 Å². The first-order chi connectivity index (χ1) is 10.7. The molecule has 7 nitrogen and oxygen atoms in total. The Morgan fingerprint density at radius 2 is 1.96 bits per heavy atom. The first kappa shape index (κ1) is 17.4. The molecule has 1 amide bonds. The van der Waals surface area contributed by atoms with Crippen molar-refractivity contribution in [1.29, 1.82) is 0 Å². The van der Waals surface area contributed by atoms with Gasteiger partial charge in [-0.2, -0.15) is 0 Å². The normalized spacial score (nSPS) is 17.8. The molecule has 23 heavy (non-hydrogen) atoms. The first-order valence-electron chi connectivity index (χ1n) is 7.31. The first-order valence-corrected chi connectivity index (χ1v) is 8.79.